The maximum atomic E-state index is 12.2. The van der Waals surface area contributed by atoms with Gasteiger partial charge in [0.2, 0.25) is 0 Å². The lowest BCUT2D eigenvalue weighted by Gasteiger charge is -2.16. The Bertz CT molecular complexity index is 638. The maximum absolute atomic E-state index is 12.2. The molecule has 0 atom stereocenters. The van der Waals surface area contributed by atoms with Crippen LogP contribution >= 0.6 is 38.6 Å². The minimum atomic E-state index is -1.03. The fourth-order valence-corrected chi connectivity index (χ4v) is 3.86. The number of nitrogens with zero attached hydrogens (tertiary/aromatic N) is 2. The van der Waals surface area contributed by atoms with E-state index in [0.29, 0.717) is 6.54 Å². The number of amides is 1. The lowest BCUT2D eigenvalue weighted by molar-refractivity contribution is -0.137. The number of hydrogen-bond acceptors (Lipinski definition) is 5. The highest BCUT2D eigenvalue weighted by Gasteiger charge is 2.20. The second-order valence-electron chi connectivity index (χ2n) is 3.88. The van der Waals surface area contributed by atoms with E-state index in [1.54, 1.807) is 12.3 Å². The molecule has 0 unspecified atom stereocenters. The molecule has 1 N–H and O–H groups in total. The number of thiophene rings is 1. The number of carbonyl (C=O) groups is 2. The highest BCUT2D eigenvalue weighted by molar-refractivity contribution is 9.10. The topological polar surface area (TPSA) is 70.5 Å². The zero-order valence-electron chi connectivity index (χ0n) is 10.5. The summed E-state index contributed by atoms with van der Waals surface area (Å²) in [7, 11) is 0. The van der Waals surface area contributed by atoms with Crippen molar-refractivity contribution in [3.63, 3.8) is 0 Å². The molecule has 2 rings (SSSR count). The molecule has 0 aromatic carbocycles. The zero-order chi connectivity index (χ0) is 14.7. The van der Waals surface area contributed by atoms with Gasteiger partial charge < -0.3 is 10.0 Å². The Morgan fingerprint density at radius 1 is 1.40 bits per heavy atom. The van der Waals surface area contributed by atoms with Crippen molar-refractivity contribution in [1.29, 1.82) is 0 Å². The number of carboxylic acids is 1. The van der Waals surface area contributed by atoms with Gasteiger partial charge in [-0.05, 0) is 28.9 Å². The van der Waals surface area contributed by atoms with Crippen molar-refractivity contribution in [2.45, 2.75) is 6.92 Å². The quantitative estimate of drug-likeness (QED) is 0.872. The van der Waals surface area contributed by atoms with Crippen LogP contribution < -0.4 is 0 Å². The highest BCUT2D eigenvalue weighted by atomic mass is 79.9. The molecule has 0 spiro atoms. The fraction of sp³-hybridized carbons (Fsp3) is 0.250. The predicted molar refractivity (Wildman–Crippen MR) is 82.3 cm³/mol. The second kappa shape index (κ2) is 6.47. The van der Waals surface area contributed by atoms with Crippen molar-refractivity contribution in [1.82, 2.24) is 9.88 Å². The van der Waals surface area contributed by atoms with Gasteiger partial charge in [0, 0.05) is 21.8 Å². The van der Waals surface area contributed by atoms with Crippen LogP contribution in [-0.4, -0.2) is 40.0 Å². The van der Waals surface area contributed by atoms with Crippen molar-refractivity contribution in [2.75, 3.05) is 13.1 Å². The second-order valence-corrected chi connectivity index (χ2v) is 6.57. The van der Waals surface area contributed by atoms with E-state index in [1.807, 2.05) is 11.4 Å². The molecule has 2 aromatic heterocycles. The first-order valence-electron chi connectivity index (χ1n) is 5.72. The summed E-state index contributed by atoms with van der Waals surface area (Å²) in [6, 6.07) is 1.94. The Balaban J connectivity index is 2.19. The monoisotopic (exact) mass is 374 g/mol. The fourth-order valence-electron chi connectivity index (χ4n) is 1.56. The first kappa shape index (κ1) is 15.1. The molecule has 5 nitrogen and oxygen atoms in total. The number of carbonyl (C=O) groups excluding carboxylic acids is 1. The van der Waals surface area contributed by atoms with Gasteiger partial charge in [0.1, 0.15) is 17.2 Å². The smallest absolute Gasteiger partial charge is 0.323 e. The standard InChI is InChI=1S/C12H11BrN2O3S2/c1-2-15(4-10(16)17)12(18)8-6-20-11(14-8)9-3-7(13)5-19-9/h3,5-6H,2,4H2,1H3,(H,16,17). The Morgan fingerprint density at radius 3 is 2.70 bits per heavy atom. The summed E-state index contributed by atoms with van der Waals surface area (Å²) in [4.78, 5) is 29.4. The molecule has 8 heteroatoms. The number of aliphatic carboxylic acids is 1. The van der Waals surface area contributed by atoms with Gasteiger partial charge >= 0.3 is 5.97 Å². The van der Waals surface area contributed by atoms with Gasteiger partial charge in [-0.15, -0.1) is 22.7 Å². The van der Waals surface area contributed by atoms with E-state index in [-0.39, 0.29) is 18.1 Å². The lowest BCUT2D eigenvalue weighted by atomic mass is 10.3. The van der Waals surface area contributed by atoms with Gasteiger partial charge in [-0.1, -0.05) is 0 Å². The molecule has 106 valence electrons. The number of rotatable bonds is 5. The summed E-state index contributed by atoms with van der Waals surface area (Å²) in [6.45, 7) is 1.76. The van der Waals surface area contributed by atoms with Crippen LogP contribution in [0.5, 0.6) is 0 Å². The summed E-state index contributed by atoms with van der Waals surface area (Å²) < 4.78 is 0.974. The van der Waals surface area contributed by atoms with Crippen molar-refractivity contribution < 1.29 is 14.7 Å². The number of thiazole rings is 1. The highest BCUT2D eigenvalue weighted by Crippen LogP contribution is 2.32. The van der Waals surface area contributed by atoms with Crippen LogP contribution in [0.3, 0.4) is 0 Å². The molecule has 0 radical (unpaired) electrons. The van der Waals surface area contributed by atoms with E-state index in [0.717, 1.165) is 14.4 Å². The van der Waals surface area contributed by atoms with Crippen LogP contribution in [0.1, 0.15) is 17.4 Å². The number of aromatic nitrogens is 1. The minimum absolute atomic E-state index is 0.289. The molecule has 2 heterocycles. The van der Waals surface area contributed by atoms with E-state index in [4.69, 9.17) is 5.11 Å². The predicted octanol–water partition coefficient (Wildman–Crippen LogP) is 3.18. The number of carboxylic acid groups (broad SMARTS) is 1. The third-order valence-electron chi connectivity index (χ3n) is 2.50. The molecule has 0 fully saturated rings. The molecule has 0 saturated carbocycles. The normalized spacial score (nSPS) is 10.5. The molecule has 0 aliphatic carbocycles. The molecule has 0 saturated heterocycles. The van der Waals surface area contributed by atoms with Gasteiger partial charge in [0.25, 0.3) is 5.91 Å². The number of likely N-dealkylation sites (N-methyl/N-ethyl adjacent to an activating group) is 1. The summed E-state index contributed by atoms with van der Waals surface area (Å²) in [6.07, 6.45) is 0. The number of hydrogen-bond donors (Lipinski definition) is 1. The maximum Gasteiger partial charge on any atom is 0.323 e. The van der Waals surface area contributed by atoms with Crippen LogP contribution in [0.4, 0.5) is 0 Å². The Hall–Kier alpha value is -1.25. The van der Waals surface area contributed by atoms with E-state index in [2.05, 4.69) is 20.9 Å². The molecule has 0 aliphatic heterocycles. The van der Waals surface area contributed by atoms with Crippen LogP contribution in [-0.2, 0) is 4.79 Å². The summed E-state index contributed by atoms with van der Waals surface area (Å²) in [5.74, 6) is -1.38. The molecule has 20 heavy (non-hydrogen) atoms. The van der Waals surface area contributed by atoms with Crippen molar-refractivity contribution in [2.24, 2.45) is 0 Å². The Labute approximate surface area is 132 Å². The van der Waals surface area contributed by atoms with Crippen molar-refractivity contribution >= 4 is 50.5 Å². The summed E-state index contributed by atoms with van der Waals surface area (Å²) in [5, 5.41) is 13.1. The van der Waals surface area contributed by atoms with Gasteiger partial charge in [-0.3, -0.25) is 9.59 Å². The van der Waals surface area contributed by atoms with Crippen molar-refractivity contribution in [3.8, 4) is 9.88 Å². The van der Waals surface area contributed by atoms with Crippen LogP contribution in [0.25, 0.3) is 9.88 Å². The Kier molecular flexibility index (Phi) is 4.90. The molecule has 0 bridgehead atoms. The Morgan fingerprint density at radius 2 is 2.15 bits per heavy atom. The molecular weight excluding hydrogens is 364 g/mol. The van der Waals surface area contributed by atoms with Gasteiger partial charge in [-0.25, -0.2) is 4.98 Å². The molecular formula is C12H11BrN2O3S2. The molecule has 2 aromatic rings. The van der Waals surface area contributed by atoms with Gasteiger partial charge in [-0.2, -0.15) is 0 Å². The third-order valence-corrected chi connectivity index (χ3v) is 5.20. The summed E-state index contributed by atoms with van der Waals surface area (Å²) >= 11 is 6.28. The first-order chi connectivity index (χ1) is 9.51. The van der Waals surface area contributed by atoms with E-state index in [9.17, 15) is 9.59 Å². The van der Waals surface area contributed by atoms with Crippen molar-refractivity contribution in [3.05, 3.63) is 27.0 Å². The van der Waals surface area contributed by atoms with E-state index in [1.165, 1.54) is 27.6 Å². The lowest BCUT2D eigenvalue weighted by Crippen LogP contribution is -2.35. The van der Waals surface area contributed by atoms with Crippen LogP contribution in [0, 0.1) is 0 Å². The van der Waals surface area contributed by atoms with Crippen LogP contribution in [0.15, 0.2) is 21.3 Å². The van der Waals surface area contributed by atoms with Gasteiger partial charge in [0.15, 0.2) is 0 Å². The average molecular weight is 375 g/mol. The number of halogens is 1. The summed E-state index contributed by atoms with van der Waals surface area (Å²) in [5.41, 5.74) is 0.289. The minimum Gasteiger partial charge on any atom is -0.480 e. The van der Waals surface area contributed by atoms with Crippen LogP contribution in [0.2, 0.25) is 0 Å². The average Bonchev–Trinajstić information content (AvgIpc) is 3.03. The zero-order valence-corrected chi connectivity index (χ0v) is 13.7. The first-order valence-corrected chi connectivity index (χ1v) is 8.27. The SMILES string of the molecule is CCN(CC(=O)O)C(=O)c1csc(-c2cc(Br)cs2)n1. The third kappa shape index (κ3) is 3.44. The van der Waals surface area contributed by atoms with Gasteiger partial charge in [0.05, 0.1) is 4.88 Å². The molecule has 1 amide bonds. The van der Waals surface area contributed by atoms with E-state index < -0.39 is 5.97 Å². The van der Waals surface area contributed by atoms with E-state index >= 15 is 0 Å². The molecule has 0 aliphatic rings. The largest absolute Gasteiger partial charge is 0.480 e.